The number of nitrogens with zero attached hydrogens (tertiary/aromatic N) is 2. The van der Waals surface area contributed by atoms with Gasteiger partial charge in [-0.1, -0.05) is 123 Å². The van der Waals surface area contributed by atoms with Crippen LogP contribution in [0.4, 0.5) is 11.4 Å². The standard InChI is InChI=1S/2C12H24O2.C9H6N2O2.2C4H9.Sn/c2*1-2-3-4-5-6-7-8-9-10-11-12(13)14;1-7-2-3-8(10-5-12)4-9(7)11-6-13;2*1-3-4-2;/h2*2-11H2,1H3,(H,13,14);2-4H,1H3;2*1,3-4H2,2H3;/q;;;;;+2/p-2. The minimum atomic E-state index is -0.909. The van der Waals surface area contributed by atoms with Crippen LogP contribution in [0, 0.1) is 6.92 Å². The summed E-state index contributed by atoms with van der Waals surface area (Å²) in [5.41, 5.74) is 1.72. The zero-order chi connectivity index (χ0) is 37.9. The zero-order valence-corrected chi connectivity index (χ0v) is 35.3. The van der Waals surface area contributed by atoms with Gasteiger partial charge in [0.25, 0.3) is 0 Å². The Morgan fingerprint density at radius 2 is 0.920 bits per heavy atom. The molecule has 1 aromatic carbocycles. The molecule has 0 aliphatic heterocycles. The van der Waals surface area contributed by atoms with Crippen LogP contribution in [-0.4, -0.2) is 45.2 Å². The smallest absolute Gasteiger partial charge is 0.211 e. The molecule has 0 spiro atoms. The molecule has 1 aromatic rings. The van der Waals surface area contributed by atoms with Crippen molar-refractivity contribution >= 4 is 56.6 Å². The van der Waals surface area contributed by atoms with E-state index in [1.165, 1.54) is 134 Å². The summed E-state index contributed by atoms with van der Waals surface area (Å²) in [6, 6.07) is 4.88. The molecular formula is C41H70N2O6Sn. The SMILES string of the molecule is CCCCCCCCCCCC(=O)[O-].CCCCCCCCCCCC(=O)[O-].CCC[CH2][Sn+2][CH2]CCC.Cc1ccc(N=C=O)cc1N=C=O. The number of isocyanates is 2. The minimum absolute atomic E-state index is 0.149. The molecule has 0 atom stereocenters. The van der Waals surface area contributed by atoms with E-state index in [2.05, 4.69) is 37.7 Å². The predicted molar refractivity (Wildman–Crippen MR) is 206 cm³/mol. The van der Waals surface area contributed by atoms with E-state index in [0.717, 1.165) is 31.2 Å². The van der Waals surface area contributed by atoms with Gasteiger partial charge in [0.05, 0.1) is 11.4 Å². The number of aryl methyl sites for hydroxylation is 1. The van der Waals surface area contributed by atoms with Gasteiger partial charge in [-0.05, 0) is 50.3 Å². The van der Waals surface area contributed by atoms with E-state index in [1.807, 2.05) is 0 Å². The van der Waals surface area contributed by atoms with Gasteiger partial charge in [0.2, 0.25) is 12.2 Å². The van der Waals surface area contributed by atoms with E-state index in [9.17, 15) is 29.4 Å². The van der Waals surface area contributed by atoms with Gasteiger partial charge >= 0.3 is 69.5 Å². The van der Waals surface area contributed by atoms with E-state index < -0.39 is 11.9 Å². The first-order chi connectivity index (χ1) is 24.2. The van der Waals surface area contributed by atoms with Crippen molar-refractivity contribution in [1.82, 2.24) is 0 Å². The number of carboxylic acid groups (broad SMARTS) is 2. The molecule has 8 nitrogen and oxygen atoms in total. The third-order valence-corrected chi connectivity index (χ3v) is 12.0. The molecule has 0 heterocycles. The van der Waals surface area contributed by atoms with Gasteiger partial charge in [-0.25, -0.2) is 9.59 Å². The molecule has 0 saturated heterocycles. The average Bonchev–Trinajstić information content (AvgIpc) is 3.09. The number of aliphatic imine (C=N–C) groups is 2. The van der Waals surface area contributed by atoms with Crippen LogP contribution in [0.25, 0.3) is 0 Å². The van der Waals surface area contributed by atoms with Crippen LogP contribution in [0.3, 0.4) is 0 Å². The molecule has 0 N–H and O–H groups in total. The number of hydrogen-bond acceptors (Lipinski definition) is 8. The summed E-state index contributed by atoms with van der Waals surface area (Å²) < 4.78 is 3.25. The predicted octanol–water partition coefficient (Wildman–Crippen LogP) is 10.4. The summed E-state index contributed by atoms with van der Waals surface area (Å²) in [6.07, 6.45) is 31.0. The van der Waals surface area contributed by atoms with Gasteiger partial charge in [0.1, 0.15) is 0 Å². The summed E-state index contributed by atoms with van der Waals surface area (Å²) in [6.45, 7) is 10.8. The number of carbonyl (C=O) groups is 2. The Morgan fingerprint density at radius 1 is 0.560 bits per heavy atom. The molecule has 0 fully saturated rings. The molecule has 9 heteroatoms. The Morgan fingerprint density at radius 3 is 1.26 bits per heavy atom. The van der Waals surface area contributed by atoms with Gasteiger partial charge in [-0.2, -0.15) is 9.98 Å². The first-order valence-corrected chi connectivity index (χ1v) is 23.6. The summed E-state index contributed by atoms with van der Waals surface area (Å²) in [7, 11) is 0. The molecule has 0 bridgehead atoms. The van der Waals surface area contributed by atoms with E-state index in [4.69, 9.17) is 0 Å². The van der Waals surface area contributed by atoms with Crippen molar-refractivity contribution in [2.45, 2.75) is 198 Å². The first kappa shape index (κ1) is 52.1. The maximum absolute atomic E-state index is 10.1. The number of benzene rings is 1. The first-order valence-electron chi connectivity index (χ1n) is 19.6. The number of carboxylic acids is 2. The summed E-state index contributed by atoms with van der Waals surface area (Å²) >= 11 is 0.149. The number of aliphatic carboxylic acids is 2. The Hall–Kier alpha value is -2.28. The van der Waals surface area contributed by atoms with Gasteiger partial charge in [0.15, 0.2) is 0 Å². The summed E-state index contributed by atoms with van der Waals surface area (Å²) in [4.78, 5) is 47.0. The van der Waals surface area contributed by atoms with Crippen molar-refractivity contribution in [1.29, 1.82) is 0 Å². The topological polar surface area (TPSA) is 139 Å². The average molecular weight is 806 g/mol. The monoisotopic (exact) mass is 806 g/mol. The van der Waals surface area contributed by atoms with Crippen molar-refractivity contribution in [3.63, 3.8) is 0 Å². The van der Waals surface area contributed by atoms with Gasteiger partial charge in [-0.15, -0.1) is 0 Å². The third-order valence-electron chi connectivity index (χ3n) is 7.92. The minimum Gasteiger partial charge on any atom is -0.211 e. The number of rotatable bonds is 28. The van der Waals surface area contributed by atoms with Crippen LogP contribution in [0.1, 0.15) is 187 Å². The molecule has 0 radical (unpaired) electrons. The van der Waals surface area contributed by atoms with Crippen LogP contribution < -0.4 is 10.2 Å². The van der Waals surface area contributed by atoms with E-state index in [0.29, 0.717) is 11.4 Å². The number of hydrogen-bond donors (Lipinski definition) is 0. The second kappa shape index (κ2) is 44.7. The van der Waals surface area contributed by atoms with Crippen molar-refractivity contribution in [3.8, 4) is 0 Å². The molecule has 0 aliphatic rings. The summed E-state index contributed by atoms with van der Waals surface area (Å²) in [5, 5.41) is 20.2. The third kappa shape index (κ3) is 45.7. The molecule has 0 amide bonds. The molecule has 50 heavy (non-hydrogen) atoms. The van der Waals surface area contributed by atoms with Crippen molar-refractivity contribution in [3.05, 3.63) is 23.8 Å². The fraction of sp³-hybridized carbons (Fsp3) is 0.756. The Bertz CT molecular complexity index is 969. The van der Waals surface area contributed by atoms with Crippen molar-refractivity contribution in [2.24, 2.45) is 9.98 Å². The zero-order valence-electron chi connectivity index (χ0n) is 32.5. The largest absolute Gasteiger partial charge is 0.240 e. The molecular weight excluding hydrogens is 735 g/mol. The van der Waals surface area contributed by atoms with E-state index in [-0.39, 0.29) is 34.0 Å². The number of unbranched alkanes of at least 4 members (excludes halogenated alkanes) is 18. The van der Waals surface area contributed by atoms with Crippen molar-refractivity contribution < 1.29 is 29.4 Å². The fourth-order valence-corrected chi connectivity index (χ4v) is 8.94. The summed E-state index contributed by atoms with van der Waals surface area (Å²) in [5.74, 6) is -1.82. The molecule has 0 aliphatic carbocycles. The second-order valence-corrected chi connectivity index (χ2v) is 17.0. The fourth-order valence-electron chi connectivity index (χ4n) is 4.78. The second-order valence-electron chi connectivity index (χ2n) is 12.7. The van der Waals surface area contributed by atoms with E-state index in [1.54, 1.807) is 27.9 Å². The molecule has 1 rings (SSSR count). The van der Waals surface area contributed by atoms with Crippen LogP contribution in [0.5, 0.6) is 0 Å². The quantitative estimate of drug-likeness (QED) is 0.0358. The molecule has 0 unspecified atom stereocenters. The van der Waals surface area contributed by atoms with Crippen molar-refractivity contribution in [2.75, 3.05) is 0 Å². The molecule has 284 valence electrons. The maximum Gasteiger partial charge on any atom is 0.240 e. The Kier molecular flexibility index (Phi) is 46.6. The Labute approximate surface area is 316 Å². The van der Waals surface area contributed by atoms with Gasteiger partial charge in [-0.3, -0.25) is 0 Å². The van der Waals surface area contributed by atoms with Crippen LogP contribution in [0.2, 0.25) is 8.87 Å². The normalized spacial score (nSPS) is 9.62. The number of carbonyl (C=O) groups excluding carboxylic acids is 4. The Balaban J connectivity index is -0.000000596. The van der Waals surface area contributed by atoms with Gasteiger partial charge in [0, 0.05) is 11.9 Å². The van der Waals surface area contributed by atoms with Crippen LogP contribution in [-0.2, 0) is 19.2 Å². The molecule has 0 aromatic heterocycles. The van der Waals surface area contributed by atoms with Crippen LogP contribution >= 0.6 is 0 Å². The molecule has 0 saturated carbocycles. The van der Waals surface area contributed by atoms with E-state index >= 15 is 0 Å². The van der Waals surface area contributed by atoms with Gasteiger partial charge < -0.3 is 19.8 Å². The maximum atomic E-state index is 10.1. The van der Waals surface area contributed by atoms with Crippen LogP contribution in [0.15, 0.2) is 28.2 Å².